The molecule has 5 heteroatoms. The van der Waals surface area contributed by atoms with E-state index in [-0.39, 0.29) is 0 Å². The van der Waals surface area contributed by atoms with Crippen molar-refractivity contribution in [3.63, 3.8) is 0 Å². The molecule has 0 radical (unpaired) electrons. The summed E-state index contributed by atoms with van der Waals surface area (Å²) in [5.74, 6) is 4.48. The van der Waals surface area contributed by atoms with Gasteiger partial charge in [0.25, 0.3) is 5.91 Å². The van der Waals surface area contributed by atoms with Crippen molar-refractivity contribution in [3.05, 3.63) is 53.9 Å². The number of rotatable bonds is 1. The van der Waals surface area contributed by atoms with E-state index in [1.807, 2.05) is 23.6 Å². The summed E-state index contributed by atoms with van der Waals surface area (Å²) in [6, 6.07) is 10.7. The lowest BCUT2D eigenvalue weighted by atomic mass is 9.94. The fourth-order valence-electron chi connectivity index (χ4n) is 2.41. The molecular formula is C13H11N3O2. The number of hydrogen-bond donors (Lipinski definition) is 3. The lowest BCUT2D eigenvalue weighted by Gasteiger charge is -2.21. The number of hydrazine groups is 1. The van der Waals surface area contributed by atoms with E-state index in [1.54, 1.807) is 24.4 Å². The van der Waals surface area contributed by atoms with Crippen LogP contribution in [0.15, 0.2) is 42.6 Å². The molecule has 4 N–H and O–H groups in total. The standard InChI is InChI=1S/C13H11N3O2/c14-16-12(17)13(18)10-6-2-1-4-8(10)9-5-3-7-15-11(9)13/h1-7,18H,14H2,(H,16,17). The zero-order chi connectivity index (χ0) is 12.8. The minimum absolute atomic E-state index is 0.314. The fraction of sp³-hybridized carbons (Fsp3) is 0.0769. The van der Waals surface area contributed by atoms with Crippen molar-refractivity contribution in [3.8, 4) is 11.1 Å². The number of hydrogen-bond acceptors (Lipinski definition) is 4. The third-order valence-corrected chi connectivity index (χ3v) is 3.22. The first kappa shape index (κ1) is 10.9. The van der Waals surface area contributed by atoms with Crippen molar-refractivity contribution in [1.82, 2.24) is 10.4 Å². The SMILES string of the molecule is NNC(=O)C1(O)c2ccccc2-c2cccnc21. The molecule has 0 fully saturated rings. The average Bonchev–Trinajstić information content (AvgIpc) is 2.70. The zero-order valence-corrected chi connectivity index (χ0v) is 9.42. The molecule has 3 rings (SSSR count). The van der Waals surface area contributed by atoms with Gasteiger partial charge in [-0.2, -0.15) is 0 Å². The molecule has 1 aromatic heterocycles. The molecule has 1 aromatic carbocycles. The minimum Gasteiger partial charge on any atom is -0.370 e. The molecule has 1 amide bonds. The third kappa shape index (κ3) is 1.17. The lowest BCUT2D eigenvalue weighted by Crippen LogP contribution is -2.47. The van der Waals surface area contributed by atoms with Crippen LogP contribution in [0.4, 0.5) is 0 Å². The number of nitrogens with one attached hydrogen (secondary N) is 1. The van der Waals surface area contributed by atoms with E-state index in [1.165, 1.54) is 0 Å². The summed E-state index contributed by atoms with van der Waals surface area (Å²) in [6.07, 6.45) is 1.54. The van der Waals surface area contributed by atoms with Gasteiger partial charge in [-0.3, -0.25) is 15.2 Å². The number of carbonyl (C=O) groups is 1. The highest BCUT2D eigenvalue weighted by molar-refractivity contribution is 5.97. The molecule has 0 saturated carbocycles. The first-order chi connectivity index (χ1) is 8.69. The smallest absolute Gasteiger partial charge is 0.276 e. The Balaban J connectivity index is 2.37. The molecule has 0 bridgehead atoms. The molecule has 1 aliphatic rings. The van der Waals surface area contributed by atoms with E-state index >= 15 is 0 Å². The number of carbonyl (C=O) groups excluding carboxylic acids is 1. The molecule has 1 aliphatic carbocycles. The molecule has 90 valence electrons. The maximum atomic E-state index is 11.9. The van der Waals surface area contributed by atoms with Crippen LogP contribution in [0, 0.1) is 0 Å². The predicted octanol–water partition coefficient (Wildman–Crippen LogP) is 0.288. The van der Waals surface area contributed by atoms with Gasteiger partial charge in [-0.05, 0) is 11.6 Å². The van der Waals surface area contributed by atoms with Gasteiger partial charge < -0.3 is 5.11 Å². The molecule has 1 unspecified atom stereocenters. The van der Waals surface area contributed by atoms with Gasteiger partial charge >= 0.3 is 0 Å². The van der Waals surface area contributed by atoms with E-state index in [2.05, 4.69) is 4.98 Å². The van der Waals surface area contributed by atoms with Crippen molar-refractivity contribution < 1.29 is 9.90 Å². The Bertz CT molecular complexity index is 594. The summed E-state index contributed by atoms with van der Waals surface area (Å²) in [7, 11) is 0. The van der Waals surface area contributed by atoms with Crippen LogP contribution >= 0.6 is 0 Å². The van der Waals surface area contributed by atoms with E-state index < -0.39 is 11.5 Å². The molecule has 1 atom stereocenters. The molecule has 0 spiro atoms. The maximum Gasteiger partial charge on any atom is 0.276 e. The van der Waals surface area contributed by atoms with Crippen LogP contribution in [-0.2, 0) is 10.4 Å². The molecule has 0 saturated heterocycles. The van der Waals surface area contributed by atoms with Crippen LogP contribution < -0.4 is 11.3 Å². The number of nitrogens with two attached hydrogens (primary N) is 1. The largest absolute Gasteiger partial charge is 0.370 e. The molecular weight excluding hydrogens is 230 g/mol. The number of nitrogens with zero attached hydrogens (tertiary/aromatic N) is 1. The Morgan fingerprint density at radius 1 is 1.22 bits per heavy atom. The molecule has 18 heavy (non-hydrogen) atoms. The Morgan fingerprint density at radius 2 is 1.94 bits per heavy atom. The van der Waals surface area contributed by atoms with E-state index in [9.17, 15) is 9.90 Å². The highest BCUT2D eigenvalue weighted by Crippen LogP contribution is 2.45. The van der Waals surface area contributed by atoms with Crippen LogP contribution in [-0.4, -0.2) is 16.0 Å². The number of aliphatic hydroxyl groups is 1. The summed E-state index contributed by atoms with van der Waals surface area (Å²) in [6.45, 7) is 0. The van der Waals surface area contributed by atoms with Crippen molar-refractivity contribution >= 4 is 5.91 Å². The Kier molecular flexibility index (Phi) is 2.19. The second kappa shape index (κ2) is 3.63. The van der Waals surface area contributed by atoms with Crippen LogP contribution in [0.3, 0.4) is 0 Å². The zero-order valence-electron chi connectivity index (χ0n) is 9.42. The maximum absolute atomic E-state index is 11.9. The molecule has 1 heterocycles. The van der Waals surface area contributed by atoms with E-state index in [0.29, 0.717) is 11.3 Å². The number of aromatic nitrogens is 1. The topological polar surface area (TPSA) is 88.2 Å². The van der Waals surface area contributed by atoms with E-state index in [0.717, 1.165) is 11.1 Å². The monoisotopic (exact) mass is 241 g/mol. The van der Waals surface area contributed by atoms with Gasteiger partial charge in [0.2, 0.25) is 5.60 Å². The fourth-order valence-corrected chi connectivity index (χ4v) is 2.41. The lowest BCUT2D eigenvalue weighted by molar-refractivity contribution is -0.136. The number of amides is 1. The van der Waals surface area contributed by atoms with Gasteiger partial charge in [-0.25, -0.2) is 5.84 Å². The van der Waals surface area contributed by atoms with Crippen molar-refractivity contribution in [2.24, 2.45) is 5.84 Å². The number of benzene rings is 1. The van der Waals surface area contributed by atoms with Crippen molar-refractivity contribution in [2.45, 2.75) is 5.60 Å². The second-order valence-corrected chi connectivity index (χ2v) is 4.13. The highest BCUT2D eigenvalue weighted by Gasteiger charge is 2.48. The van der Waals surface area contributed by atoms with Gasteiger partial charge in [-0.15, -0.1) is 0 Å². The van der Waals surface area contributed by atoms with Crippen LogP contribution in [0.5, 0.6) is 0 Å². The predicted molar refractivity (Wildman–Crippen MR) is 65.0 cm³/mol. The van der Waals surface area contributed by atoms with Gasteiger partial charge in [-0.1, -0.05) is 30.3 Å². The van der Waals surface area contributed by atoms with Crippen LogP contribution in [0.1, 0.15) is 11.3 Å². The van der Waals surface area contributed by atoms with Crippen LogP contribution in [0.25, 0.3) is 11.1 Å². The summed E-state index contributed by atoms with van der Waals surface area (Å²) in [5.41, 5.74) is 2.55. The second-order valence-electron chi connectivity index (χ2n) is 4.13. The third-order valence-electron chi connectivity index (χ3n) is 3.22. The van der Waals surface area contributed by atoms with Gasteiger partial charge in [0.1, 0.15) is 0 Å². The van der Waals surface area contributed by atoms with Crippen LogP contribution in [0.2, 0.25) is 0 Å². The first-order valence-electron chi connectivity index (χ1n) is 5.48. The van der Waals surface area contributed by atoms with Gasteiger partial charge in [0.05, 0.1) is 5.69 Å². The van der Waals surface area contributed by atoms with Crippen molar-refractivity contribution in [2.75, 3.05) is 0 Å². The first-order valence-corrected chi connectivity index (χ1v) is 5.48. The summed E-state index contributed by atoms with van der Waals surface area (Å²) >= 11 is 0. The summed E-state index contributed by atoms with van der Waals surface area (Å²) < 4.78 is 0. The molecule has 2 aromatic rings. The number of fused-ring (bicyclic) bond motifs is 3. The quantitative estimate of drug-likeness (QED) is 0.380. The van der Waals surface area contributed by atoms with Gasteiger partial charge in [0.15, 0.2) is 0 Å². The normalized spacial score (nSPS) is 20.1. The van der Waals surface area contributed by atoms with Crippen molar-refractivity contribution in [1.29, 1.82) is 0 Å². The average molecular weight is 241 g/mol. The minimum atomic E-state index is -1.82. The Morgan fingerprint density at radius 3 is 2.72 bits per heavy atom. The van der Waals surface area contributed by atoms with E-state index in [4.69, 9.17) is 5.84 Å². The van der Waals surface area contributed by atoms with Gasteiger partial charge in [0, 0.05) is 17.3 Å². The Hall–Kier alpha value is -2.24. The Labute approximate surface area is 103 Å². The number of pyridine rings is 1. The summed E-state index contributed by atoms with van der Waals surface area (Å²) in [4.78, 5) is 16.1. The molecule has 5 nitrogen and oxygen atoms in total. The molecule has 0 aliphatic heterocycles. The summed E-state index contributed by atoms with van der Waals surface area (Å²) in [5, 5.41) is 10.7. The highest BCUT2D eigenvalue weighted by atomic mass is 16.3.